The Labute approximate surface area is 155 Å². The van der Waals surface area contributed by atoms with Gasteiger partial charge in [-0.25, -0.2) is 0 Å². The number of anilines is 1. The third-order valence-electron chi connectivity index (χ3n) is 5.15. The zero-order valence-corrected chi connectivity index (χ0v) is 15.7. The van der Waals surface area contributed by atoms with Gasteiger partial charge >= 0.3 is 0 Å². The number of fused-ring (bicyclic) bond motifs is 1. The fraction of sp³-hybridized carbons (Fsp3) is 0.381. The van der Waals surface area contributed by atoms with E-state index in [9.17, 15) is 4.79 Å². The van der Waals surface area contributed by atoms with E-state index in [2.05, 4.69) is 11.4 Å². The average molecular weight is 353 g/mol. The van der Waals surface area contributed by atoms with Gasteiger partial charge in [0.15, 0.2) is 0 Å². The molecule has 1 unspecified atom stereocenters. The number of nitrogens with one attached hydrogen (secondary N) is 1. The minimum Gasteiger partial charge on any atom is -0.495 e. The van der Waals surface area contributed by atoms with Crippen molar-refractivity contribution in [2.24, 2.45) is 0 Å². The van der Waals surface area contributed by atoms with E-state index in [1.54, 1.807) is 7.11 Å². The van der Waals surface area contributed by atoms with Gasteiger partial charge in [0.1, 0.15) is 5.75 Å². The van der Waals surface area contributed by atoms with Crippen LogP contribution >= 0.6 is 0 Å². The SMILES string of the molecule is CCN(CC)C(=O)c1ccc(C2NCCc3c2ccc(OC)c3N)cc1. The first kappa shape index (κ1) is 18.3. The summed E-state index contributed by atoms with van der Waals surface area (Å²) in [6, 6.07) is 12.0. The number of benzene rings is 2. The van der Waals surface area contributed by atoms with Crippen LogP contribution in [0, 0.1) is 0 Å². The monoisotopic (exact) mass is 353 g/mol. The molecule has 0 fully saturated rings. The number of nitrogen functional groups attached to an aromatic ring is 1. The number of amides is 1. The van der Waals surface area contributed by atoms with E-state index < -0.39 is 0 Å². The van der Waals surface area contributed by atoms with Crippen molar-refractivity contribution < 1.29 is 9.53 Å². The number of carbonyl (C=O) groups excluding carboxylic acids is 1. The Balaban J connectivity index is 1.90. The Morgan fingerprint density at radius 3 is 2.50 bits per heavy atom. The molecule has 1 amide bonds. The zero-order valence-electron chi connectivity index (χ0n) is 15.7. The predicted octanol–water partition coefficient (Wildman–Crippen LogP) is 2.99. The van der Waals surface area contributed by atoms with Crippen molar-refractivity contribution in [3.05, 3.63) is 58.7 Å². The molecule has 5 heteroatoms. The standard InChI is InChI=1S/C21H27N3O2/c1-4-24(5-2)21(25)15-8-6-14(7-9-15)20-17-10-11-18(26-3)19(22)16(17)12-13-23-20/h6-11,20,23H,4-5,12-13,22H2,1-3H3. The van der Waals surface area contributed by atoms with Gasteiger partial charge in [0.2, 0.25) is 0 Å². The molecule has 0 spiro atoms. The number of nitrogens with two attached hydrogens (primary N) is 1. The normalized spacial score (nSPS) is 16.0. The van der Waals surface area contributed by atoms with Crippen LogP contribution < -0.4 is 15.8 Å². The van der Waals surface area contributed by atoms with Crippen molar-refractivity contribution in [1.82, 2.24) is 10.2 Å². The Bertz CT molecular complexity index is 783. The molecule has 138 valence electrons. The third kappa shape index (κ3) is 3.27. The minimum absolute atomic E-state index is 0.0737. The van der Waals surface area contributed by atoms with Crippen molar-refractivity contribution in [1.29, 1.82) is 0 Å². The van der Waals surface area contributed by atoms with Gasteiger partial charge in [0.05, 0.1) is 18.8 Å². The van der Waals surface area contributed by atoms with E-state index in [1.807, 2.05) is 49.1 Å². The van der Waals surface area contributed by atoms with Crippen LogP contribution in [0.1, 0.15) is 46.9 Å². The molecular formula is C21H27N3O2. The maximum atomic E-state index is 12.5. The van der Waals surface area contributed by atoms with Gasteiger partial charge in [0.25, 0.3) is 5.91 Å². The zero-order chi connectivity index (χ0) is 18.7. The van der Waals surface area contributed by atoms with Gasteiger partial charge in [-0.3, -0.25) is 4.79 Å². The second-order valence-corrected chi connectivity index (χ2v) is 6.49. The number of hydrogen-bond acceptors (Lipinski definition) is 4. The van der Waals surface area contributed by atoms with Gasteiger partial charge in [-0.1, -0.05) is 18.2 Å². The van der Waals surface area contributed by atoms with Crippen molar-refractivity contribution in [2.75, 3.05) is 32.5 Å². The van der Waals surface area contributed by atoms with Gasteiger partial charge in [-0.15, -0.1) is 0 Å². The minimum atomic E-state index is 0.0737. The first-order valence-electron chi connectivity index (χ1n) is 9.18. The van der Waals surface area contributed by atoms with E-state index in [-0.39, 0.29) is 11.9 Å². The molecule has 0 radical (unpaired) electrons. The summed E-state index contributed by atoms with van der Waals surface area (Å²) in [5.41, 5.74) is 11.2. The lowest BCUT2D eigenvalue weighted by Crippen LogP contribution is -2.32. The van der Waals surface area contributed by atoms with E-state index in [4.69, 9.17) is 10.5 Å². The summed E-state index contributed by atoms with van der Waals surface area (Å²) in [5, 5.41) is 3.56. The molecule has 3 N–H and O–H groups in total. The van der Waals surface area contributed by atoms with Crippen molar-refractivity contribution in [3.63, 3.8) is 0 Å². The summed E-state index contributed by atoms with van der Waals surface area (Å²) < 4.78 is 5.35. The van der Waals surface area contributed by atoms with Crippen LogP contribution in [0.25, 0.3) is 0 Å². The summed E-state index contributed by atoms with van der Waals surface area (Å²) in [7, 11) is 1.64. The van der Waals surface area contributed by atoms with Gasteiger partial charge < -0.3 is 20.7 Å². The number of carbonyl (C=O) groups is 1. The summed E-state index contributed by atoms with van der Waals surface area (Å²) in [4.78, 5) is 14.3. The topological polar surface area (TPSA) is 67.6 Å². The van der Waals surface area contributed by atoms with E-state index >= 15 is 0 Å². The smallest absolute Gasteiger partial charge is 0.253 e. The quantitative estimate of drug-likeness (QED) is 0.811. The fourth-order valence-corrected chi connectivity index (χ4v) is 3.65. The maximum Gasteiger partial charge on any atom is 0.253 e. The summed E-state index contributed by atoms with van der Waals surface area (Å²) >= 11 is 0. The van der Waals surface area contributed by atoms with Crippen LogP contribution in [0.3, 0.4) is 0 Å². The van der Waals surface area contributed by atoms with Crippen LogP contribution in [-0.4, -0.2) is 37.6 Å². The number of ether oxygens (including phenoxy) is 1. The molecule has 0 aromatic heterocycles. The third-order valence-corrected chi connectivity index (χ3v) is 5.15. The molecule has 1 atom stereocenters. The Hall–Kier alpha value is -2.53. The molecule has 5 nitrogen and oxygen atoms in total. The maximum absolute atomic E-state index is 12.5. The molecule has 2 aromatic carbocycles. The van der Waals surface area contributed by atoms with Crippen molar-refractivity contribution in [3.8, 4) is 5.75 Å². The first-order chi connectivity index (χ1) is 12.6. The molecule has 1 heterocycles. The number of hydrogen-bond donors (Lipinski definition) is 2. The molecular weight excluding hydrogens is 326 g/mol. The molecule has 2 aromatic rings. The van der Waals surface area contributed by atoms with E-state index in [0.29, 0.717) is 0 Å². The van der Waals surface area contributed by atoms with Gasteiger partial charge in [-0.2, -0.15) is 0 Å². The highest BCUT2D eigenvalue weighted by atomic mass is 16.5. The predicted molar refractivity (Wildman–Crippen MR) is 105 cm³/mol. The Morgan fingerprint density at radius 2 is 1.88 bits per heavy atom. The molecule has 1 aliphatic rings. The van der Waals surface area contributed by atoms with E-state index in [1.165, 1.54) is 5.56 Å². The first-order valence-corrected chi connectivity index (χ1v) is 9.18. The van der Waals surface area contributed by atoms with Gasteiger partial charge in [-0.05, 0) is 55.2 Å². The van der Waals surface area contributed by atoms with Crippen molar-refractivity contribution >= 4 is 11.6 Å². The Kier molecular flexibility index (Phi) is 5.47. The molecule has 0 aliphatic carbocycles. The second kappa shape index (κ2) is 7.79. The molecule has 0 saturated heterocycles. The summed E-state index contributed by atoms with van der Waals surface area (Å²) in [6.45, 7) is 6.29. The number of methoxy groups -OCH3 is 1. The van der Waals surface area contributed by atoms with Crippen LogP contribution in [0.2, 0.25) is 0 Å². The Morgan fingerprint density at radius 1 is 1.19 bits per heavy atom. The molecule has 3 rings (SSSR count). The van der Waals surface area contributed by atoms with Crippen LogP contribution in [0.4, 0.5) is 5.69 Å². The lowest BCUT2D eigenvalue weighted by Gasteiger charge is -2.29. The highest BCUT2D eigenvalue weighted by molar-refractivity contribution is 5.94. The number of nitrogens with zero attached hydrogens (tertiary/aromatic N) is 1. The second-order valence-electron chi connectivity index (χ2n) is 6.49. The average Bonchev–Trinajstić information content (AvgIpc) is 2.69. The molecule has 0 saturated carbocycles. The number of rotatable bonds is 5. The summed E-state index contributed by atoms with van der Waals surface area (Å²) in [5.74, 6) is 0.803. The van der Waals surface area contributed by atoms with E-state index in [0.717, 1.165) is 54.2 Å². The van der Waals surface area contributed by atoms with Gasteiger partial charge in [0, 0.05) is 25.2 Å². The molecule has 26 heavy (non-hydrogen) atoms. The van der Waals surface area contributed by atoms with Crippen LogP contribution in [-0.2, 0) is 6.42 Å². The van der Waals surface area contributed by atoms with Crippen LogP contribution in [0.15, 0.2) is 36.4 Å². The molecule has 0 bridgehead atoms. The fourth-order valence-electron chi connectivity index (χ4n) is 3.65. The molecule has 1 aliphatic heterocycles. The largest absolute Gasteiger partial charge is 0.495 e. The highest BCUT2D eigenvalue weighted by Gasteiger charge is 2.24. The highest BCUT2D eigenvalue weighted by Crippen LogP contribution is 2.36. The van der Waals surface area contributed by atoms with Crippen LogP contribution in [0.5, 0.6) is 5.75 Å². The van der Waals surface area contributed by atoms with Crippen molar-refractivity contribution in [2.45, 2.75) is 26.3 Å². The lowest BCUT2D eigenvalue weighted by atomic mass is 9.88. The summed E-state index contributed by atoms with van der Waals surface area (Å²) in [6.07, 6.45) is 0.882. The lowest BCUT2D eigenvalue weighted by molar-refractivity contribution is 0.0773.